The van der Waals surface area contributed by atoms with Gasteiger partial charge in [0, 0.05) is 11.6 Å². The van der Waals surface area contributed by atoms with Crippen molar-refractivity contribution in [2.24, 2.45) is 0 Å². The van der Waals surface area contributed by atoms with Gasteiger partial charge in [-0.05, 0) is 24.0 Å². The number of nitrogens with zero attached hydrogens (tertiary/aromatic N) is 2. The second kappa shape index (κ2) is 9.50. The molecule has 0 bridgehead atoms. The second-order valence-electron chi connectivity index (χ2n) is 8.30. The molecule has 168 valence electrons. The quantitative estimate of drug-likeness (QED) is 0.528. The monoisotopic (exact) mass is 469 g/mol. The topological polar surface area (TPSA) is 81.1 Å². The van der Waals surface area contributed by atoms with Crippen LogP contribution in [0, 0.1) is 0 Å². The first-order valence-corrected chi connectivity index (χ1v) is 13.5. The number of nitrogens with one attached hydrogen (secondary N) is 1. The Morgan fingerprint density at radius 3 is 2.56 bits per heavy atom. The minimum Gasteiger partial charge on any atom is -0.352 e. The van der Waals surface area contributed by atoms with Crippen LogP contribution in [-0.2, 0) is 14.6 Å². The van der Waals surface area contributed by atoms with Crippen molar-refractivity contribution < 1.29 is 13.2 Å². The molecule has 4 rings (SSSR count). The summed E-state index contributed by atoms with van der Waals surface area (Å²) in [5.74, 6) is 0.485. The van der Waals surface area contributed by atoms with Crippen LogP contribution >= 0.6 is 11.8 Å². The van der Waals surface area contributed by atoms with Crippen molar-refractivity contribution in [3.05, 3.63) is 66.4 Å². The Kier molecular flexibility index (Phi) is 6.71. The zero-order valence-corrected chi connectivity index (χ0v) is 19.8. The van der Waals surface area contributed by atoms with Gasteiger partial charge in [-0.15, -0.1) is 0 Å². The molecule has 1 saturated heterocycles. The molecule has 32 heavy (non-hydrogen) atoms. The van der Waals surface area contributed by atoms with E-state index in [1.807, 2.05) is 48.7 Å². The summed E-state index contributed by atoms with van der Waals surface area (Å²) in [6.45, 7) is 4.32. The van der Waals surface area contributed by atoms with E-state index in [1.54, 1.807) is 0 Å². The van der Waals surface area contributed by atoms with E-state index in [4.69, 9.17) is 0 Å². The molecule has 1 atom stereocenters. The van der Waals surface area contributed by atoms with Crippen molar-refractivity contribution in [1.82, 2.24) is 14.9 Å². The van der Waals surface area contributed by atoms with Gasteiger partial charge in [-0.1, -0.05) is 74.1 Å². The molecule has 1 N–H and O–H groups in total. The van der Waals surface area contributed by atoms with Crippen LogP contribution in [0.4, 0.5) is 0 Å². The molecule has 1 fully saturated rings. The maximum atomic E-state index is 12.5. The predicted octanol–water partition coefficient (Wildman–Crippen LogP) is 4.06. The largest absolute Gasteiger partial charge is 0.352 e. The van der Waals surface area contributed by atoms with Crippen LogP contribution in [-0.4, -0.2) is 47.2 Å². The van der Waals surface area contributed by atoms with E-state index >= 15 is 0 Å². The van der Waals surface area contributed by atoms with Gasteiger partial charge in [0.2, 0.25) is 5.91 Å². The van der Waals surface area contributed by atoms with Crippen LogP contribution in [0.5, 0.6) is 0 Å². The van der Waals surface area contributed by atoms with E-state index in [0.717, 1.165) is 22.1 Å². The van der Waals surface area contributed by atoms with Gasteiger partial charge in [0.1, 0.15) is 0 Å². The molecule has 1 amide bonds. The van der Waals surface area contributed by atoms with Gasteiger partial charge in [-0.25, -0.2) is 13.4 Å². The summed E-state index contributed by atoms with van der Waals surface area (Å²) in [5.41, 5.74) is 4.25. The Bertz CT molecular complexity index is 1200. The number of hydrogen-bond acceptors (Lipinski definition) is 5. The molecule has 0 spiro atoms. The number of thioether (sulfide) groups is 1. The van der Waals surface area contributed by atoms with E-state index in [2.05, 4.69) is 40.8 Å². The third-order valence-electron chi connectivity index (χ3n) is 5.53. The first-order chi connectivity index (χ1) is 15.3. The van der Waals surface area contributed by atoms with Gasteiger partial charge in [0.05, 0.1) is 34.8 Å². The summed E-state index contributed by atoms with van der Waals surface area (Å²) in [4.78, 5) is 17.2. The second-order valence-corrected chi connectivity index (χ2v) is 11.5. The fraction of sp³-hybridized carbons (Fsp3) is 0.333. The number of amides is 1. The Morgan fingerprint density at radius 2 is 1.88 bits per heavy atom. The molecule has 2 aromatic carbocycles. The molecule has 3 aromatic rings. The van der Waals surface area contributed by atoms with Gasteiger partial charge in [-0.3, -0.25) is 9.36 Å². The van der Waals surface area contributed by atoms with Crippen molar-refractivity contribution >= 4 is 27.5 Å². The van der Waals surface area contributed by atoms with E-state index < -0.39 is 9.84 Å². The minimum atomic E-state index is -3.03. The highest BCUT2D eigenvalue weighted by Gasteiger charge is 2.29. The van der Waals surface area contributed by atoms with Crippen LogP contribution in [0.2, 0.25) is 0 Å². The molecular formula is C24H27N3O3S2. The van der Waals surface area contributed by atoms with Crippen LogP contribution < -0.4 is 5.32 Å². The lowest BCUT2D eigenvalue weighted by atomic mass is 10.0. The fourth-order valence-corrected chi connectivity index (χ4v) is 6.44. The van der Waals surface area contributed by atoms with Crippen LogP contribution in [0.3, 0.4) is 0 Å². The number of hydrogen-bond donors (Lipinski definition) is 1. The Hall–Kier alpha value is -2.58. The average molecular weight is 470 g/mol. The normalized spacial score (nSPS) is 17.5. The molecule has 2 heterocycles. The van der Waals surface area contributed by atoms with E-state index in [0.29, 0.717) is 12.3 Å². The zero-order valence-electron chi connectivity index (χ0n) is 18.2. The number of imidazole rings is 1. The number of carbonyl (C=O) groups excluding carboxylic acids is 1. The maximum absolute atomic E-state index is 12.5. The molecule has 8 heteroatoms. The number of para-hydroxylation sites is 1. The van der Waals surface area contributed by atoms with Gasteiger partial charge >= 0.3 is 0 Å². The van der Waals surface area contributed by atoms with E-state index in [1.165, 1.54) is 17.3 Å². The number of carbonyl (C=O) groups is 1. The maximum Gasteiger partial charge on any atom is 0.230 e. The standard InChI is InChI=1S/C24H27N3O3S2/c1-17(2)20-10-6-7-11-21(20)27-22(18-8-4-3-5-9-18)14-25-24(27)31-15-23(28)26-19-12-13-32(29,30)16-19/h3-11,14,17,19H,12-13,15-16H2,1-2H3,(H,26,28). The predicted molar refractivity (Wildman–Crippen MR) is 129 cm³/mol. The van der Waals surface area contributed by atoms with Crippen molar-refractivity contribution in [1.29, 1.82) is 0 Å². The third-order valence-corrected chi connectivity index (χ3v) is 8.25. The van der Waals surface area contributed by atoms with Crippen molar-refractivity contribution in [2.75, 3.05) is 17.3 Å². The average Bonchev–Trinajstić information content (AvgIpc) is 3.35. The van der Waals surface area contributed by atoms with Crippen molar-refractivity contribution in [3.8, 4) is 16.9 Å². The molecule has 1 unspecified atom stereocenters. The summed E-state index contributed by atoms with van der Waals surface area (Å²) in [6.07, 6.45) is 2.32. The Balaban J connectivity index is 1.62. The van der Waals surface area contributed by atoms with E-state index in [9.17, 15) is 13.2 Å². The summed E-state index contributed by atoms with van der Waals surface area (Å²) < 4.78 is 25.4. The molecule has 1 aliphatic rings. The Labute approximate surface area is 193 Å². The van der Waals surface area contributed by atoms with Crippen LogP contribution in [0.25, 0.3) is 16.9 Å². The highest BCUT2D eigenvalue weighted by Crippen LogP contribution is 2.33. The molecule has 6 nitrogen and oxygen atoms in total. The highest BCUT2D eigenvalue weighted by molar-refractivity contribution is 7.99. The first-order valence-electron chi connectivity index (χ1n) is 10.7. The summed E-state index contributed by atoms with van der Waals surface area (Å²) in [7, 11) is -3.03. The van der Waals surface area contributed by atoms with Gasteiger partial charge < -0.3 is 5.32 Å². The minimum absolute atomic E-state index is 0.0257. The van der Waals surface area contributed by atoms with Gasteiger partial charge in [0.15, 0.2) is 15.0 Å². The number of sulfone groups is 1. The lowest BCUT2D eigenvalue weighted by Crippen LogP contribution is -2.36. The Morgan fingerprint density at radius 1 is 1.16 bits per heavy atom. The van der Waals surface area contributed by atoms with Gasteiger partial charge in [-0.2, -0.15) is 0 Å². The molecule has 1 aromatic heterocycles. The number of benzene rings is 2. The van der Waals surface area contributed by atoms with Gasteiger partial charge in [0.25, 0.3) is 0 Å². The first kappa shape index (κ1) is 22.6. The molecule has 1 aliphatic heterocycles. The molecular weight excluding hydrogens is 442 g/mol. The summed E-state index contributed by atoms with van der Waals surface area (Å²) in [5, 5.41) is 3.58. The van der Waals surface area contributed by atoms with Crippen molar-refractivity contribution in [2.45, 2.75) is 37.4 Å². The molecule has 0 saturated carbocycles. The number of aromatic nitrogens is 2. The molecule has 0 radical (unpaired) electrons. The van der Waals surface area contributed by atoms with Crippen LogP contribution in [0.15, 0.2) is 66.0 Å². The van der Waals surface area contributed by atoms with Crippen LogP contribution in [0.1, 0.15) is 31.7 Å². The highest BCUT2D eigenvalue weighted by atomic mass is 32.2. The lowest BCUT2D eigenvalue weighted by molar-refractivity contribution is -0.119. The zero-order chi connectivity index (χ0) is 22.7. The lowest BCUT2D eigenvalue weighted by Gasteiger charge is -2.18. The molecule has 0 aliphatic carbocycles. The van der Waals surface area contributed by atoms with E-state index in [-0.39, 0.29) is 29.2 Å². The summed E-state index contributed by atoms with van der Waals surface area (Å²) in [6, 6.07) is 18.0. The SMILES string of the molecule is CC(C)c1ccccc1-n1c(-c2ccccc2)cnc1SCC(=O)NC1CCS(=O)(=O)C1. The van der Waals surface area contributed by atoms with Crippen molar-refractivity contribution in [3.63, 3.8) is 0 Å². The fourth-order valence-electron chi connectivity index (χ4n) is 3.97. The number of rotatable bonds is 7. The smallest absolute Gasteiger partial charge is 0.230 e. The summed E-state index contributed by atoms with van der Waals surface area (Å²) >= 11 is 1.36. The third kappa shape index (κ3) is 5.07.